The maximum Gasteiger partial charge on any atom is 0.310 e. The van der Waals surface area contributed by atoms with E-state index < -0.39 is 0 Å². The van der Waals surface area contributed by atoms with Gasteiger partial charge in [-0.1, -0.05) is 17.7 Å². The van der Waals surface area contributed by atoms with Gasteiger partial charge in [0.15, 0.2) is 0 Å². The maximum absolute atomic E-state index is 11.6. The van der Waals surface area contributed by atoms with Crippen LogP contribution >= 0.6 is 11.6 Å². The average molecular weight is 268 g/mol. The van der Waals surface area contributed by atoms with Crippen LogP contribution in [0.1, 0.15) is 18.4 Å². The molecule has 1 unspecified atom stereocenters. The number of esters is 1. The number of carbonyl (C=O) groups excluding carboxylic acids is 1. The Bertz CT molecular complexity index is 447. The number of nitrogens with zero attached hydrogens (tertiary/aromatic N) is 1. The fraction of sp³-hybridized carbons (Fsp3) is 0.500. The summed E-state index contributed by atoms with van der Waals surface area (Å²) in [5, 5.41) is 0.732. The number of hydrogen-bond donors (Lipinski definition) is 0. The molecule has 0 N–H and O–H groups in total. The lowest BCUT2D eigenvalue weighted by Gasteiger charge is -2.34. The highest BCUT2D eigenvalue weighted by Gasteiger charge is 2.27. The number of piperidine rings is 1. The minimum Gasteiger partial charge on any atom is -0.469 e. The summed E-state index contributed by atoms with van der Waals surface area (Å²) < 4.78 is 4.84. The lowest BCUT2D eigenvalue weighted by molar-refractivity contribution is -0.145. The molecule has 1 aliphatic heterocycles. The lowest BCUT2D eigenvalue weighted by Crippen LogP contribution is -2.39. The normalized spacial score (nSPS) is 19.7. The van der Waals surface area contributed by atoms with Crippen molar-refractivity contribution in [3.8, 4) is 0 Å². The third kappa shape index (κ3) is 2.78. The predicted molar refractivity (Wildman–Crippen MR) is 73.1 cm³/mol. The molecular weight excluding hydrogens is 250 g/mol. The second-order valence-corrected chi connectivity index (χ2v) is 5.18. The van der Waals surface area contributed by atoms with E-state index in [0.717, 1.165) is 30.1 Å². The molecule has 1 fully saturated rings. The number of ether oxygens (including phenoxy) is 1. The van der Waals surface area contributed by atoms with Crippen molar-refractivity contribution in [1.82, 2.24) is 0 Å². The topological polar surface area (TPSA) is 29.5 Å². The minimum absolute atomic E-state index is 0.0258. The van der Waals surface area contributed by atoms with Gasteiger partial charge in [0.2, 0.25) is 0 Å². The third-order valence-corrected chi connectivity index (χ3v) is 3.70. The van der Waals surface area contributed by atoms with Crippen LogP contribution in [-0.4, -0.2) is 26.2 Å². The summed E-state index contributed by atoms with van der Waals surface area (Å²) in [6, 6.07) is 5.87. The van der Waals surface area contributed by atoms with E-state index in [0.29, 0.717) is 6.54 Å². The average Bonchev–Trinajstić information content (AvgIpc) is 2.40. The van der Waals surface area contributed by atoms with Crippen LogP contribution in [0.25, 0.3) is 0 Å². The molecule has 0 aliphatic carbocycles. The molecule has 1 aromatic rings. The molecular formula is C14H18ClNO2. The van der Waals surface area contributed by atoms with Gasteiger partial charge in [0.1, 0.15) is 0 Å². The summed E-state index contributed by atoms with van der Waals surface area (Å²) in [5.41, 5.74) is 2.31. The van der Waals surface area contributed by atoms with Crippen LogP contribution in [0.3, 0.4) is 0 Å². The van der Waals surface area contributed by atoms with E-state index in [9.17, 15) is 4.79 Å². The smallest absolute Gasteiger partial charge is 0.310 e. The zero-order valence-electron chi connectivity index (χ0n) is 10.8. The van der Waals surface area contributed by atoms with Crippen molar-refractivity contribution in [2.24, 2.45) is 5.92 Å². The zero-order valence-corrected chi connectivity index (χ0v) is 11.5. The summed E-state index contributed by atoms with van der Waals surface area (Å²) >= 11 is 6.04. The van der Waals surface area contributed by atoms with Crippen LogP contribution in [0.5, 0.6) is 0 Å². The van der Waals surface area contributed by atoms with Crippen molar-refractivity contribution in [2.75, 3.05) is 25.1 Å². The van der Waals surface area contributed by atoms with Crippen molar-refractivity contribution in [3.05, 3.63) is 28.8 Å². The molecule has 1 atom stereocenters. The number of carbonyl (C=O) groups is 1. The first-order valence-corrected chi connectivity index (χ1v) is 6.58. The van der Waals surface area contributed by atoms with Gasteiger partial charge in [0, 0.05) is 23.8 Å². The van der Waals surface area contributed by atoms with E-state index in [2.05, 4.69) is 11.8 Å². The van der Waals surface area contributed by atoms with E-state index in [1.807, 2.05) is 18.2 Å². The highest BCUT2D eigenvalue weighted by Crippen LogP contribution is 2.28. The fourth-order valence-electron chi connectivity index (χ4n) is 2.48. The van der Waals surface area contributed by atoms with Gasteiger partial charge < -0.3 is 9.64 Å². The van der Waals surface area contributed by atoms with E-state index in [4.69, 9.17) is 16.3 Å². The molecule has 0 bridgehead atoms. The molecule has 0 saturated carbocycles. The number of benzene rings is 1. The van der Waals surface area contributed by atoms with Crippen molar-refractivity contribution in [3.63, 3.8) is 0 Å². The Morgan fingerprint density at radius 2 is 2.28 bits per heavy atom. The van der Waals surface area contributed by atoms with E-state index in [-0.39, 0.29) is 11.9 Å². The number of methoxy groups -OCH3 is 1. The minimum atomic E-state index is -0.112. The summed E-state index contributed by atoms with van der Waals surface area (Å²) in [6.45, 7) is 3.75. The van der Waals surface area contributed by atoms with Crippen LogP contribution < -0.4 is 4.90 Å². The fourth-order valence-corrected chi connectivity index (χ4v) is 2.64. The highest BCUT2D eigenvalue weighted by atomic mass is 35.5. The number of anilines is 1. The molecule has 1 aliphatic rings. The number of aryl methyl sites for hydroxylation is 1. The molecule has 1 aromatic carbocycles. The first-order chi connectivity index (χ1) is 8.61. The van der Waals surface area contributed by atoms with Gasteiger partial charge in [0.05, 0.1) is 13.0 Å². The third-order valence-electron chi connectivity index (χ3n) is 3.47. The molecule has 1 saturated heterocycles. The number of halogens is 1. The maximum atomic E-state index is 11.6. The lowest BCUT2D eigenvalue weighted by atomic mass is 9.97. The van der Waals surface area contributed by atoms with Gasteiger partial charge in [-0.25, -0.2) is 0 Å². The molecule has 0 amide bonds. The van der Waals surface area contributed by atoms with E-state index >= 15 is 0 Å². The van der Waals surface area contributed by atoms with Crippen molar-refractivity contribution in [2.45, 2.75) is 19.8 Å². The van der Waals surface area contributed by atoms with E-state index in [1.165, 1.54) is 12.7 Å². The summed E-state index contributed by atoms with van der Waals surface area (Å²) in [4.78, 5) is 13.8. The van der Waals surface area contributed by atoms with Gasteiger partial charge in [-0.3, -0.25) is 4.79 Å². The van der Waals surface area contributed by atoms with E-state index in [1.54, 1.807) is 0 Å². The Balaban J connectivity index is 2.18. The summed E-state index contributed by atoms with van der Waals surface area (Å²) in [7, 11) is 1.45. The number of hydrogen-bond acceptors (Lipinski definition) is 3. The Labute approximate surface area is 113 Å². The van der Waals surface area contributed by atoms with Crippen LogP contribution in [0, 0.1) is 12.8 Å². The molecule has 18 heavy (non-hydrogen) atoms. The summed E-state index contributed by atoms with van der Waals surface area (Å²) in [5.74, 6) is -0.137. The second kappa shape index (κ2) is 5.61. The van der Waals surface area contributed by atoms with Crippen LogP contribution in [0.15, 0.2) is 18.2 Å². The summed E-state index contributed by atoms with van der Waals surface area (Å²) in [6.07, 6.45) is 1.91. The van der Waals surface area contributed by atoms with Crippen molar-refractivity contribution in [1.29, 1.82) is 0 Å². The van der Waals surface area contributed by atoms with Crippen molar-refractivity contribution < 1.29 is 9.53 Å². The molecule has 0 spiro atoms. The number of rotatable bonds is 2. The molecule has 1 heterocycles. The molecule has 98 valence electrons. The Kier molecular flexibility index (Phi) is 4.12. The quantitative estimate of drug-likeness (QED) is 0.772. The monoisotopic (exact) mass is 267 g/mol. The standard InChI is InChI=1S/C14H18ClNO2/c1-10-5-6-12(15)8-13(10)16-7-3-4-11(9-16)14(17)18-2/h5-6,8,11H,3-4,7,9H2,1-2H3. The second-order valence-electron chi connectivity index (χ2n) is 4.74. The SMILES string of the molecule is COC(=O)C1CCCN(c2cc(Cl)ccc2C)C1. The molecule has 4 heteroatoms. The zero-order chi connectivity index (χ0) is 13.1. The largest absolute Gasteiger partial charge is 0.469 e. The Morgan fingerprint density at radius 1 is 1.50 bits per heavy atom. The van der Waals surface area contributed by atoms with Crippen LogP contribution in [0.2, 0.25) is 5.02 Å². The van der Waals surface area contributed by atoms with Crippen LogP contribution in [0.4, 0.5) is 5.69 Å². The van der Waals surface area contributed by atoms with Gasteiger partial charge in [-0.05, 0) is 37.5 Å². The van der Waals surface area contributed by atoms with Gasteiger partial charge in [-0.15, -0.1) is 0 Å². The molecule has 0 aromatic heterocycles. The molecule has 3 nitrogen and oxygen atoms in total. The molecule has 2 rings (SSSR count). The van der Waals surface area contributed by atoms with Crippen molar-refractivity contribution >= 4 is 23.3 Å². The Hall–Kier alpha value is -1.22. The van der Waals surface area contributed by atoms with Gasteiger partial charge in [0.25, 0.3) is 0 Å². The first-order valence-electron chi connectivity index (χ1n) is 6.20. The van der Waals surface area contributed by atoms with Gasteiger partial charge in [-0.2, -0.15) is 0 Å². The molecule has 0 radical (unpaired) electrons. The first kappa shape index (κ1) is 13.2. The predicted octanol–water partition coefficient (Wildman–Crippen LogP) is 3.04. The van der Waals surface area contributed by atoms with Crippen LogP contribution in [-0.2, 0) is 9.53 Å². The Morgan fingerprint density at radius 3 is 3.00 bits per heavy atom. The van der Waals surface area contributed by atoms with Gasteiger partial charge >= 0.3 is 5.97 Å². The highest BCUT2D eigenvalue weighted by molar-refractivity contribution is 6.30.